The topological polar surface area (TPSA) is 18.5 Å². The Morgan fingerprint density at radius 1 is 1.00 bits per heavy atom. The van der Waals surface area contributed by atoms with Gasteiger partial charge in [0.05, 0.1) is 12.7 Å². The quantitative estimate of drug-likeness (QED) is 0.367. The highest BCUT2D eigenvalue weighted by molar-refractivity contribution is 8.02. The average molecular weight is 413 g/mol. The van der Waals surface area contributed by atoms with E-state index in [1.54, 1.807) is 48.5 Å². The molecule has 0 saturated carbocycles. The van der Waals surface area contributed by atoms with E-state index >= 15 is 0 Å². The van der Waals surface area contributed by atoms with Crippen LogP contribution >= 0.6 is 11.8 Å². The summed E-state index contributed by atoms with van der Waals surface area (Å²) in [5.74, 6) is 0.585. The van der Waals surface area contributed by atoms with E-state index in [1.807, 2.05) is 25.7 Å². The molecule has 146 valence electrons. The van der Waals surface area contributed by atoms with Crippen molar-refractivity contribution in [3.8, 4) is 5.75 Å². The first-order chi connectivity index (χ1) is 12.6. The Balaban J connectivity index is 2.45. The van der Waals surface area contributed by atoms with Gasteiger partial charge in [-0.1, -0.05) is 42.1 Å². The summed E-state index contributed by atoms with van der Waals surface area (Å²) in [6.07, 6.45) is -5.69. The number of hydrogen-bond acceptors (Lipinski definition) is 3. The van der Waals surface area contributed by atoms with E-state index in [0.717, 1.165) is 22.1 Å². The van der Waals surface area contributed by atoms with Crippen molar-refractivity contribution in [1.82, 2.24) is 0 Å². The van der Waals surface area contributed by atoms with Crippen LogP contribution in [0.3, 0.4) is 0 Å². The van der Waals surface area contributed by atoms with Crippen LogP contribution in [0.1, 0.15) is 11.7 Å². The van der Waals surface area contributed by atoms with Crippen LogP contribution in [0.5, 0.6) is 5.75 Å². The zero-order chi connectivity index (χ0) is 20.1. The first-order valence-electron chi connectivity index (χ1n) is 8.41. The summed E-state index contributed by atoms with van der Waals surface area (Å²) < 4.78 is 52.8. The fourth-order valence-corrected chi connectivity index (χ4v) is 4.16. The van der Waals surface area contributed by atoms with E-state index in [1.165, 1.54) is 7.11 Å². The number of rotatable bonds is 7. The maximum absolute atomic E-state index is 13.9. The second kappa shape index (κ2) is 8.99. The third-order valence-corrected chi connectivity index (χ3v) is 5.42. The minimum atomic E-state index is -4.51. The average Bonchev–Trinajstić information content (AvgIpc) is 2.60. The Morgan fingerprint density at radius 2 is 1.59 bits per heavy atom. The van der Waals surface area contributed by atoms with Crippen molar-refractivity contribution in [1.29, 1.82) is 0 Å². The van der Waals surface area contributed by atoms with Crippen LogP contribution < -0.4 is 4.74 Å². The lowest BCUT2D eigenvalue weighted by Gasteiger charge is -2.30. The number of hydrogen-bond donors (Lipinski definition) is 0. The number of methoxy groups -OCH3 is 1. The third kappa shape index (κ3) is 6.75. The molecule has 0 aliphatic heterocycles. The molecule has 0 N–H and O–H groups in total. The Morgan fingerprint density at radius 3 is 2.07 bits per heavy atom. The van der Waals surface area contributed by atoms with Gasteiger partial charge in [-0.15, -0.1) is 0 Å². The van der Waals surface area contributed by atoms with Gasteiger partial charge in [-0.05, 0) is 54.9 Å². The first kappa shape index (κ1) is 21.6. The molecule has 1 atom stereocenters. The third-order valence-electron chi connectivity index (χ3n) is 3.56. The van der Waals surface area contributed by atoms with Crippen molar-refractivity contribution in [2.45, 2.75) is 36.8 Å². The summed E-state index contributed by atoms with van der Waals surface area (Å²) in [5, 5.41) is 1.16. The lowest BCUT2D eigenvalue weighted by Crippen LogP contribution is -2.32. The van der Waals surface area contributed by atoms with Gasteiger partial charge in [-0.25, -0.2) is 0 Å². The van der Waals surface area contributed by atoms with Crippen LogP contribution in [0.2, 0.25) is 19.6 Å². The lowest BCUT2D eigenvalue weighted by atomic mass is 10.0. The number of thioether (sulfide) groups is 1. The fraction of sp³-hybridized carbons (Fsp3) is 0.300. The van der Waals surface area contributed by atoms with Crippen LogP contribution in [-0.4, -0.2) is 21.6 Å². The van der Waals surface area contributed by atoms with Gasteiger partial charge in [0.1, 0.15) is 11.9 Å². The molecule has 0 spiro atoms. The molecule has 27 heavy (non-hydrogen) atoms. The van der Waals surface area contributed by atoms with Crippen LogP contribution in [0.4, 0.5) is 13.2 Å². The normalized spacial score (nSPS) is 14.1. The molecule has 0 heterocycles. The summed E-state index contributed by atoms with van der Waals surface area (Å²) in [6.45, 7) is 5.63. The second-order valence-electron chi connectivity index (χ2n) is 6.89. The molecule has 0 radical (unpaired) electrons. The van der Waals surface area contributed by atoms with Gasteiger partial charge in [0.2, 0.25) is 0 Å². The second-order valence-corrected chi connectivity index (χ2v) is 12.3. The van der Waals surface area contributed by atoms with Gasteiger partial charge < -0.3 is 9.16 Å². The summed E-state index contributed by atoms with van der Waals surface area (Å²) in [5.41, 5.74) is -0.251. The van der Waals surface area contributed by atoms with E-state index in [2.05, 4.69) is 0 Å². The summed E-state index contributed by atoms with van der Waals surface area (Å²) >= 11 is 1.04. The maximum atomic E-state index is 13.9. The highest BCUT2D eigenvalue weighted by atomic mass is 32.2. The van der Waals surface area contributed by atoms with Gasteiger partial charge in [0.25, 0.3) is 0 Å². The smallest absolute Gasteiger partial charge is 0.415 e. The molecule has 0 aliphatic rings. The Bertz CT molecular complexity index is 754. The zero-order valence-corrected chi connectivity index (χ0v) is 17.5. The molecule has 0 aromatic heterocycles. The van der Waals surface area contributed by atoms with Crippen molar-refractivity contribution in [3.63, 3.8) is 0 Å². The van der Waals surface area contributed by atoms with Gasteiger partial charge in [-0.3, -0.25) is 0 Å². The van der Waals surface area contributed by atoms with Crippen LogP contribution in [0.15, 0.2) is 70.5 Å². The molecule has 0 bridgehead atoms. The molecule has 2 nitrogen and oxygen atoms in total. The predicted octanol–water partition coefficient (Wildman–Crippen LogP) is 6.83. The SMILES string of the molecule is COc1ccc(C(O[Si](C)(C)C)/C(=C\Sc2ccccc2)C(F)(F)F)cc1. The van der Waals surface area contributed by atoms with E-state index in [4.69, 9.17) is 9.16 Å². The van der Waals surface area contributed by atoms with Gasteiger partial charge >= 0.3 is 6.18 Å². The van der Waals surface area contributed by atoms with Gasteiger partial charge in [0, 0.05) is 4.90 Å². The molecule has 7 heteroatoms. The van der Waals surface area contributed by atoms with Crippen LogP contribution in [-0.2, 0) is 4.43 Å². The maximum Gasteiger partial charge on any atom is 0.415 e. The summed E-state index contributed by atoms with van der Waals surface area (Å²) in [7, 11) is -0.740. The molecule has 2 rings (SSSR count). The van der Waals surface area contributed by atoms with Crippen LogP contribution in [0.25, 0.3) is 0 Å². The molecular formula is C20H23F3O2SSi. The number of benzene rings is 2. The summed E-state index contributed by atoms with van der Waals surface area (Å²) in [6, 6.07) is 15.5. The molecule has 2 aromatic carbocycles. The van der Waals surface area contributed by atoms with E-state index in [9.17, 15) is 13.2 Å². The Kier molecular flexibility index (Phi) is 7.19. The number of ether oxygens (including phenoxy) is 1. The highest BCUT2D eigenvalue weighted by Crippen LogP contribution is 2.42. The van der Waals surface area contributed by atoms with E-state index < -0.39 is 26.2 Å². The monoisotopic (exact) mass is 412 g/mol. The minimum Gasteiger partial charge on any atom is -0.497 e. The molecule has 0 saturated heterocycles. The fourth-order valence-electron chi connectivity index (χ4n) is 2.35. The van der Waals surface area contributed by atoms with Gasteiger partial charge in [-0.2, -0.15) is 13.2 Å². The molecule has 2 aromatic rings. The van der Waals surface area contributed by atoms with Gasteiger partial charge in [0.15, 0.2) is 8.32 Å². The number of alkyl halides is 3. The van der Waals surface area contributed by atoms with Crippen molar-refractivity contribution in [2.24, 2.45) is 0 Å². The Hall–Kier alpha value is -1.70. The van der Waals surface area contributed by atoms with Crippen molar-refractivity contribution in [3.05, 3.63) is 71.1 Å². The molecule has 0 aliphatic carbocycles. The van der Waals surface area contributed by atoms with Crippen molar-refractivity contribution >= 4 is 20.1 Å². The molecular weight excluding hydrogens is 389 g/mol. The molecule has 1 unspecified atom stereocenters. The number of halogens is 3. The first-order valence-corrected chi connectivity index (χ1v) is 12.7. The van der Waals surface area contributed by atoms with Crippen molar-refractivity contribution in [2.75, 3.05) is 7.11 Å². The zero-order valence-electron chi connectivity index (χ0n) is 15.7. The Labute approximate surface area is 163 Å². The van der Waals surface area contributed by atoms with Crippen LogP contribution in [0, 0.1) is 0 Å². The largest absolute Gasteiger partial charge is 0.497 e. The standard InChI is InChI=1S/C20H23F3O2SSi/c1-24-16-12-10-15(11-13-16)19(25-27(2,3)4)18(20(21,22)23)14-26-17-8-6-5-7-9-17/h5-14,19H,1-4H3/b18-14+. The summed E-state index contributed by atoms with van der Waals surface area (Å²) in [4.78, 5) is 0.737. The van der Waals surface area contributed by atoms with Crippen molar-refractivity contribution < 1.29 is 22.3 Å². The molecule has 0 amide bonds. The predicted molar refractivity (Wildman–Crippen MR) is 107 cm³/mol. The minimum absolute atomic E-state index is 0.454. The van der Waals surface area contributed by atoms with E-state index in [-0.39, 0.29) is 0 Å². The molecule has 0 fully saturated rings. The van der Waals surface area contributed by atoms with E-state index in [0.29, 0.717) is 11.3 Å². The lowest BCUT2D eigenvalue weighted by molar-refractivity contribution is -0.104. The highest BCUT2D eigenvalue weighted by Gasteiger charge is 2.41.